The van der Waals surface area contributed by atoms with E-state index < -0.39 is 0 Å². The molecule has 0 aromatic carbocycles. The van der Waals surface area contributed by atoms with Crippen molar-refractivity contribution in [3.05, 3.63) is 12.1 Å². The zero-order chi connectivity index (χ0) is 20.6. The average molecular weight is 400 g/mol. The van der Waals surface area contributed by atoms with Gasteiger partial charge in [-0.25, -0.2) is 9.97 Å². The molecule has 1 N–H and O–H groups in total. The van der Waals surface area contributed by atoms with Crippen LogP contribution in [0.1, 0.15) is 65.3 Å². The van der Waals surface area contributed by atoms with Crippen molar-refractivity contribution >= 4 is 28.8 Å². The third kappa shape index (κ3) is 4.39. The van der Waals surface area contributed by atoms with E-state index in [1.54, 1.807) is 7.11 Å². The van der Waals surface area contributed by atoms with E-state index in [4.69, 9.17) is 14.7 Å². The van der Waals surface area contributed by atoms with Crippen molar-refractivity contribution in [2.45, 2.75) is 71.4 Å². The molecule has 29 heavy (non-hydrogen) atoms. The van der Waals surface area contributed by atoms with Crippen molar-refractivity contribution in [1.29, 1.82) is 0 Å². The smallest absolute Gasteiger partial charge is 0.227 e. The first-order valence-electron chi connectivity index (χ1n) is 10.8. The molecule has 7 heteroatoms. The molecule has 2 aromatic rings. The lowest BCUT2D eigenvalue weighted by Crippen LogP contribution is -2.37. The number of pyridine rings is 1. The van der Waals surface area contributed by atoms with Crippen LogP contribution < -0.4 is 10.2 Å². The Morgan fingerprint density at radius 1 is 1.17 bits per heavy atom. The number of nitrogens with zero attached hydrogens (tertiary/aromatic N) is 4. The number of hydrogen-bond donors (Lipinski definition) is 1. The van der Waals surface area contributed by atoms with Gasteiger partial charge in [0.25, 0.3) is 0 Å². The van der Waals surface area contributed by atoms with Gasteiger partial charge < -0.3 is 9.64 Å². The van der Waals surface area contributed by atoms with E-state index in [0.717, 1.165) is 55.8 Å². The number of methoxy groups -OCH3 is 1. The Kier molecular flexibility index (Phi) is 5.51. The molecule has 2 fully saturated rings. The lowest BCUT2D eigenvalue weighted by molar-refractivity contribution is -0.117. The zero-order valence-electron chi connectivity index (χ0n) is 18.1. The number of carbonyl (C=O) groups excluding carboxylic acids is 1. The van der Waals surface area contributed by atoms with Crippen LogP contribution in [0.3, 0.4) is 0 Å². The lowest BCUT2D eigenvalue weighted by atomic mass is 9.92. The first-order chi connectivity index (χ1) is 13.8. The number of piperidine rings is 1. The highest BCUT2D eigenvalue weighted by Gasteiger charge is 2.28. The molecular formula is C22H33N5O2. The molecule has 4 rings (SSSR count). The van der Waals surface area contributed by atoms with Gasteiger partial charge in [0, 0.05) is 32.7 Å². The van der Waals surface area contributed by atoms with E-state index >= 15 is 0 Å². The molecule has 158 valence electrons. The number of anilines is 2. The molecule has 0 unspecified atom stereocenters. The lowest BCUT2D eigenvalue weighted by Gasteiger charge is -2.32. The fourth-order valence-corrected chi connectivity index (χ4v) is 4.19. The van der Waals surface area contributed by atoms with Crippen LogP contribution in [-0.2, 0) is 9.53 Å². The van der Waals surface area contributed by atoms with Crippen molar-refractivity contribution < 1.29 is 9.53 Å². The maximum Gasteiger partial charge on any atom is 0.227 e. The topological polar surface area (TPSA) is 72.3 Å². The van der Waals surface area contributed by atoms with Gasteiger partial charge in [-0.15, -0.1) is 0 Å². The number of ether oxygens (including phenoxy) is 1. The van der Waals surface area contributed by atoms with Crippen LogP contribution >= 0.6 is 0 Å². The maximum absolute atomic E-state index is 12.6. The molecule has 1 aliphatic carbocycles. The molecule has 1 amide bonds. The molecule has 0 radical (unpaired) electrons. The summed E-state index contributed by atoms with van der Waals surface area (Å²) in [6, 6.07) is 4.45. The molecular weight excluding hydrogens is 366 g/mol. The molecule has 2 aromatic heterocycles. The van der Waals surface area contributed by atoms with Crippen LogP contribution in [0.15, 0.2) is 12.1 Å². The number of imidazole rings is 1. The van der Waals surface area contributed by atoms with Gasteiger partial charge in [-0.2, -0.15) is 0 Å². The van der Waals surface area contributed by atoms with Gasteiger partial charge in [0.2, 0.25) is 11.9 Å². The summed E-state index contributed by atoms with van der Waals surface area (Å²) >= 11 is 0. The number of nitrogens with one attached hydrogen (secondary N) is 1. The summed E-state index contributed by atoms with van der Waals surface area (Å²) in [7, 11) is 1.79. The molecule has 3 heterocycles. The summed E-state index contributed by atoms with van der Waals surface area (Å²) in [5.41, 5.74) is 1.67. The van der Waals surface area contributed by atoms with Crippen LogP contribution in [0.5, 0.6) is 0 Å². The Labute approximate surface area is 172 Å². The minimum atomic E-state index is -0.0584. The second-order valence-electron chi connectivity index (χ2n) is 9.61. The Bertz CT molecular complexity index is 873. The first-order valence-corrected chi connectivity index (χ1v) is 10.8. The Morgan fingerprint density at radius 3 is 2.48 bits per heavy atom. The van der Waals surface area contributed by atoms with Crippen LogP contribution in [-0.4, -0.2) is 46.7 Å². The highest BCUT2D eigenvalue weighted by Crippen LogP contribution is 2.37. The number of amides is 1. The van der Waals surface area contributed by atoms with Crippen molar-refractivity contribution in [3.63, 3.8) is 0 Å². The third-order valence-corrected chi connectivity index (χ3v) is 6.00. The van der Waals surface area contributed by atoms with E-state index in [1.807, 2.05) is 12.1 Å². The number of carbonyl (C=O) groups is 1. The van der Waals surface area contributed by atoms with Crippen LogP contribution in [0.2, 0.25) is 0 Å². The van der Waals surface area contributed by atoms with Crippen LogP contribution in [0.4, 0.5) is 11.8 Å². The monoisotopic (exact) mass is 399 g/mol. The van der Waals surface area contributed by atoms with Crippen molar-refractivity contribution in [2.75, 3.05) is 30.4 Å². The molecule has 1 aliphatic heterocycles. The minimum absolute atomic E-state index is 0.00948. The zero-order valence-corrected chi connectivity index (χ0v) is 18.1. The number of fused-ring (bicyclic) bond motifs is 1. The van der Waals surface area contributed by atoms with Gasteiger partial charge in [0.05, 0.1) is 6.10 Å². The molecule has 1 saturated heterocycles. The Morgan fingerprint density at radius 2 is 1.90 bits per heavy atom. The van der Waals surface area contributed by atoms with Gasteiger partial charge in [0.15, 0.2) is 5.65 Å². The average Bonchev–Trinajstić information content (AvgIpc) is 2.96. The largest absolute Gasteiger partial charge is 0.381 e. The molecule has 0 bridgehead atoms. The van der Waals surface area contributed by atoms with E-state index in [2.05, 4.69) is 35.6 Å². The molecule has 0 spiro atoms. The molecule has 0 atom stereocenters. The number of rotatable bonds is 5. The maximum atomic E-state index is 12.6. The predicted octanol–water partition coefficient (Wildman–Crippen LogP) is 4.15. The highest BCUT2D eigenvalue weighted by atomic mass is 16.5. The minimum Gasteiger partial charge on any atom is -0.381 e. The summed E-state index contributed by atoms with van der Waals surface area (Å²) in [5.74, 6) is 1.64. The quantitative estimate of drug-likeness (QED) is 0.818. The Hall–Kier alpha value is -2.15. The summed E-state index contributed by atoms with van der Waals surface area (Å²) in [6.45, 7) is 8.11. The van der Waals surface area contributed by atoms with E-state index in [9.17, 15) is 4.79 Å². The third-order valence-electron chi connectivity index (χ3n) is 6.00. The van der Waals surface area contributed by atoms with Gasteiger partial charge in [0.1, 0.15) is 11.3 Å². The van der Waals surface area contributed by atoms with E-state index in [-0.39, 0.29) is 11.3 Å². The molecule has 7 nitrogen and oxygen atoms in total. The normalized spacial score (nSPS) is 18.8. The van der Waals surface area contributed by atoms with Gasteiger partial charge in [-0.1, -0.05) is 20.8 Å². The number of hydrogen-bond acceptors (Lipinski definition) is 5. The van der Waals surface area contributed by atoms with Crippen LogP contribution in [0, 0.1) is 5.41 Å². The summed E-state index contributed by atoms with van der Waals surface area (Å²) < 4.78 is 7.65. The molecule has 1 saturated carbocycles. The predicted molar refractivity (Wildman–Crippen MR) is 115 cm³/mol. The second kappa shape index (κ2) is 7.94. The highest BCUT2D eigenvalue weighted by molar-refractivity contribution is 5.91. The second-order valence-corrected chi connectivity index (χ2v) is 9.61. The van der Waals surface area contributed by atoms with E-state index in [1.165, 1.54) is 6.42 Å². The van der Waals surface area contributed by atoms with E-state index in [0.29, 0.717) is 24.5 Å². The van der Waals surface area contributed by atoms with Gasteiger partial charge >= 0.3 is 0 Å². The van der Waals surface area contributed by atoms with Crippen molar-refractivity contribution in [3.8, 4) is 0 Å². The Balaban J connectivity index is 1.62. The van der Waals surface area contributed by atoms with Gasteiger partial charge in [-0.05, 0) is 49.7 Å². The standard InChI is InChI=1S/C22H33N5O2/c1-22(2,3)14-19(28)25-21-23-17-8-9-18(26-12-10-16(29-4)11-13-26)24-20(17)27(21)15-6-5-7-15/h8-9,15-16H,5-7,10-14H2,1-4H3,(H,23,25,28). The molecule has 2 aliphatic rings. The summed E-state index contributed by atoms with van der Waals surface area (Å²) in [5, 5.41) is 3.06. The fourth-order valence-electron chi connectivity index (χ4n) is 4.19. The first kappa shape index (κ1) is 20.1. The SMILES string of the molecule is COC1CCN(c2ccc3nc(NC(=O)CC(C)(C)C)n(C4CCC4)c3n2)CC1. The van der Waals surface area contributed by atoms with Crippen LogP contribution in [0.25, 0.3) is 11.2 Å². The summed E-state index contributed by atoms with van der Waals surface area (Å²) in [4.78, 5) is 24.6. The summed E-state index contributed by atoms with van der Waals surface area (Å²) in [6.07, 6.45) is 6.29. The van der Waals surface area contributed by atoms with Crippen molar-refractivity contribution in [2.24, 2.45) is 5.41 Å². The number of aromatic nitrogens is 3. The fraction of sp³-hybridized carbons (Fsp3) is 0.682. The van der Waals surface area contributed by atoms with Crippen molar-refractivity contribution in [1.82, 2.24) is 14.5 Å². The van der Waals surface area contributed by atoms with Gasteiger partial charge in [-0.3, -0.25) is 14.7 Å².